The van der Waals surface area contributed by atoms with E-state index < -0.39 is 0 Å². The van der Waals surface area contributed by atoms with Crippen LogP contribution >= 0.6 is 11.8 Å². The zero-order chi connectivity index (χ0) is 13.1. The minimum Gasteiger partial charge on any atom is -0.384 e. The number of benzene rings is 1. The molecule has 0 bridgehead atoms. The molecule has 2 aromatic rings. The van der Waals surface area contributed by atoms with Gasteiger partial charge in [-0.05, 0) is 13.0 Å². The molecule has 0 spiro atoms. The largest absolute Gasteiger partial charge is 0.384 e. The lowest BCUT2D eigenvalue weighted by molar-refractivity contribution is 0.905. The molecule has 6 heteroatoms. The molecule has 18 heavy (non-hydrogen) atoms. The average molecular weight is 260 g/mol. The van der Waals surface area contributed by atoms with E-state index in [0.717, 1.165) is 4.90 Å². The van der Waals surface area contributed by atoms with Crippen LogP contribution in [0.15, 0.2) is 45.2 Å². The molecule has 0 saturated heterocycles. The molecule has 0 unspecified atom stereocenters. The van der Waals surface area contributed by atoms with Gasteiger partial charge in [0.2, 0.25) is 0 Å². The number of nitrogen functional groups attached to an aromatic ring is 1. The Hall–Kier alpha value is -2.08. The van der Waals surface area contributed by atoms with Gasteiger partial charge in [0.05, 0.1) is 0 Å². The van der Waals surface area contributed by atoms with Gasteiger partial charge in [0.15, 0.2) is 5.16 Å². The maximum Gasteiger partial charge on any atom is 0.251 e. The summed E-state index contributed by atoms with van der Waals surface area (Å²) < 4.78 is 0. The van der Waals surface area contributed by atoms with Gasteiger partial charge >= 0.3 is 0 Å². The minimum atomic E-state index is -0.190. The Kier molecular flexibility index (Phi) is 3.47. The van der Waals surface area contributed by atoms with Crippen molar-refractivity contribution in [2.75, 3.05) is 0 Å². The van der Waals surface area contributed by atoms with E-state index in [4.69, 9.17) is 11.1 Å². The Labute approximate surface area is 108 Å². The number of aromatic nitrogens is 2. The van der Waals surface area contributed by atoms with Crippen LogP contribution in [0.5, 0.6) is 0 Å². The van der Waals surface area contributed by atoms with E-state index in [1.807, 2.05) is 18.2 Å². The van der Waals surface area contributed by atoms with E-state index in [9.17, 15) is 4.79 Å². The first-order chi connectivity index (χ1) is 8.56. The molecule has 1 heterocycles. The molecule has 5 nitrogen and oxygen atoms in total. The van der Waals surface area contributed by atoms with Crippen molar-refractivity contribution in [1.82, 2.24) is 9.97 Å². The third-order valence-electron chi connectivity index (χ3n) is 2.23. The lowest BCUT2D eigenvalue weighted by atomic mass is 10.2. The van der Waals surface area contributed by atoms with Crippen LogP contribution < -0.4 is 11.3 Å². The van der Waals surface area contributed by atoms with Crippen LogP contribution in [0.25, 0.3) is 0 Å². The zero-order valence-electron chi connectivity index (χ0n) is 9.73. The number of aromatic amines is 1. The second kappa shape index (κ2) is 5.05. The number of nitrogens with one attached hydrogen (secondary N) is 2. The Bertz CT molecular complexity index is 651. The van der Waals surface area contributed by atoms with Crippen LogP contribution in [0, 0.1) is 12.3 Å². The Morgan fingerprint density at radius 3 is 2.83 bits per heavy atom. The summed E-state index contributed by atoms with van der Waals surface area (Å²) >= 11 is 1.28. The minimum absolute atomic E-state index is 0.00639. The molecule has 0 atom stereocenters. The lowest BCUT2D eigenvalue weighted by Crippen LogP contribution is -2.12. The van der Waals surface area contributed by atoms with Gasteiger partial charge in [-0.3, -0.25) is 10.2 Å². The van der Waals surface area contributed by atoms with E-state index in [0.29, 0.717) is 16.4 Å². The Balaban J connectivity index is 2.40. The molecular formula is C12H12N4OS. The molecule has 4 N–H and O–H groups in total. The van der Waals surface area contributed by atoms with Gasteiger partial charge in [0, 0.05) is 22.2 Å². The third-order valence-corrected chi connectivity index (χ3v) is 3.19. The van der Waals surface area contributed by atoms with Crippen molar-refractivity contribution < 1.29 is 0 Å². The van der Waals surface area contributed by atoms with E-state index in [2.05, 4.69) is 9.97 Å². The number of rotatable bonds is 3. The number of nitrogens with zero attached hydrogens (tertiary/aromatic N) is 1. The first kappa shape index (κ1) is 12.4. The predicted octanol–water partition coefficient (Wildman–Crippen LogP) is 1.51. The summed E-state index contributed by atoms with van der Waals surface area (Å²) in [5.41, 5.74) is 6.60. The lowest BCUT2D eigenvalue weighted by Gasteiger charge is -2.06. The van der Waals surface area contributed by atoms with Crippen LogP contribution in [0.1, 0.15) is 11.3 Å². The molecule has 0 fully saturated rings. The smallest absolute Gasteiger partial charge is 0.251 e. The van der Waals surface area contributed by atoms with Crippen molar-refractivity contribution in [3.05, 3.63) is 51.9 Å². The highest BCUT2D eigenvalue weighted by atomic mass is 32.2. The predicted molar refractivity (Wildman–Crippen MR) is 71.2 cm³/mol. The normalized spacial score (nSPS) is 10.3. The molecule has 0 saturated carbocycles. The standard InChI is InChI=1S/C12H12N4OS/c1-7-6-10(17)16-12(15-7)18-9-5-3-2-4-8(9)11(13)14/h2-6H,1H3,(H3,13,14)(H,15,16,17). The summed E-state index contributed by atoms with van der Waals surface area (Å²) in [5.74, 6) is -0.00639. The van der Waals surface area contributed by atoms with Crippen molar-refractivity contribution in [1.29, 1.82) is 5.41 Å². The number of nitrogens with two attached hydrogens (primary N) is 1. The van der Waals surface area contributed by atoms with Gasteiger partial charge in [-0.2, -0.15) is 0 Å². The number of amidine groups is 1. The Morgan fingerprint density at radius 2 is 2.17 bits per heavy atom. The molecular weight excluding hydrogens is 248 g/mol. The van der Waals surface area contributed by atoms with Crippen molar-refractivity contribution in [2.24, 2.45) is 5.73 Å². The maximum absolute atomic E-state index is 11.3. The summed E-state index contributed by atoms with van der Waals surface area (Å²) in [6.45, 7) is 1.76. The van der Waals surface area contributed by atoms with E-state index in [-0.39, 0.29) is 11.4 Å². The van der Waals surface area contributed by atoms with E-state index in [1.165, 1.54) is 17.8 Å². The van der Waals surface area contributed by atoms with Gasteiger partial charge in [-0.1, -0.05) is 30.0 Å². The molecule has 1 aromatic carbocycles. The SMILES string of the molecule is Cc1cc(=O)[nH]c(Sc2ccccc2C(=N)N)n1. The first-order valence-corrected chi connectivity index (χ1v) is 6.07. The van der Waals surface area contributed by atoms with Crippen LogP contribution in [-0.2, 0) is 0 Å². The summed E-state index contributed by atoms with van der Waals surface area (Å²) in [5, 5.41) is 7.99. The molecule has 0 amide bonds. The van der Waals surface area contributed by atoms with Crippen LogP contribution in [0.2, 0.25) is 0 Å². The highest BCUT2D eigenvalue weighted by Gasteiger charge is 2.08. The molecule has 0 radical (unpaired) electrons. The fourth-order valence-electron chi connectivity index (χ4n) is 1.48. The van der Waals surface area contributed by atoms with Crippen molar-refractivity contribution in [2.45, 2.75) is 17.0 Å². The molecule has 0 aliphatic heterocycles. The molecule has 0 aliphatic rings. The molecule has 1 aromatic heterocycles. The van der Waals surface area contributed by atoms with Crippen LogP contribution in [-0.4, -0.2) is 15.8 Å². The third kappa shape index (κ3) is 2.78. The first-order valence-electron chi connectivity index (χ1n) is 5.25. The highest BCUT2D eigenvalue weighted by molar-refractivity contribution is 7.99. The van der Waals surface area contributed by atoms with Crippen LogP contribution in [0.4, 0.5) is 0 Å². The highest BCUT2D eigenvalue weighted by Crippen LogP contribution is 2.27. The number of H-pyrrole nitrogens is 1. The topological polar surface area (TPSA) is 95.6 Å². The summed E-state index contributed by atoms with van der Waals surface area (Å²) in [7, 11) is 0. The van der Waals surface area contributed by atoms with E-state index in [1.54, 1.807) is 13.0 Å². The van der Waals surface area contributed by atoms with Crippen LogP contribution in [0.3, 0.4) is 0 Å². The van der Waals surface area contributed by atoms with Crippen molar-refractivity contribution >= 4 is 17.6 Å². The zero-order valence-corrected chi connectivity index (χ0v) is 10.5. The van der Waals surface area contributed by atoms with E-state index >= 15 is 0 Å². The van der Waals surface area contributed by atoms with Gasteiger partial charge in [0.1, 0.15) is 5.84 Å². The second-order valence-corrected chi connectivity index (χ2v) is 4.73. The Morgan fingerprint density at radius 1 is 1.44 bits per heavy atom. The summed E-state index contributed by atoms with van der Waals surface area (Å²) in [6.07, 6.45) is 0. The maximum atomic E-state index is 11.3. The van der Waals surface area contributed by atoms with Gasteiger partial charge in [0.25, 0.3) is 5.56 Å². The van der Waals surface area contributed by atoms with Gasteiger partial charge < -0.3 is 10.7 Å². The average Bonchev–Trinajstić information content (AvgIpc) is 2.27. The number of hydrogen-bond donors (Lipinski definition) is 3. The fraction of sp³-hybridized carbons (Fsp3) is 0.0833. The second-order valence-electron chi connectivity index (χ2n) is 3.70. The van der Waals surface area contributed by atoms with Crippen molar-refractivity contribution in [3.8, 4) is 0 Å². The molecule has 0 aliphatic carbocycles. The van der Waals surface area contributed by atoms with Gasteiger partial charge in [-0.15, -0.1) is 0 Å². The van der Waals surface area contributed by atoms with Crippen molar-refractivity contribution in [3.63, 3.8) is 0 Å². The van der Waals surface area contributed by atoms with Gasteiger partial charge in [-0.25, -0.2) is 4.98 Å². The number of hydrogen-bond acceptors (Lipinski definition) is 4. The summed E-state index contributed by atoms with van der Waals surface area (Å²) in [6, 6.07) is 8.69. The monoisotopic (exact) mass is 260 g/mol. The number of aryl methyl sites for hydroxylation is 1. The molecule has 2 rings (SSSR count). The fourth-order valence-corrected chi connectivity index (χ4v) is 2.47. The summed E-state index contributed by atoms with van der Waals surface area (Å²) in [4.78, 5) is 19.0. The quantitative estimate of drug-likeness (QED) is 0.443. The molecule has 92 valence electrons.